The average Bonchev–Trinajstić information content (AvgIpc) is 3.19. The topological polar surface area (TPSA) is 41.6 Å². The minimum absolute atomic E-state index is 0.158. The Bertz CT molecular complexity index is 296. The standard InChI is InChI=1S/C17H34N2O2/c1-5-6-7-8-9-12-18-13-14-19(15-10-11-15)16(20)21-17(2,3)4/h15,18H,5-14H2,1-4H3. The second-order valence-corrected chi connectivity index (χ2v) is 7.07. The van der Waals surface area contributed by atoms with Gasteiger partial charge in [0.1, 0.15) is 5.60 Å². The Balaban J connectivity index is 2.13. The van der Waals surface area contributed by atoms with Crippen molar-refractivity contribution in [1.29, 1.82) is 0 Å². The van der Waals surface area contributed by atoms with Gasteiger partial charge in [0.15, 0.2) is 0 Å². The van der Waals surface area contributed by atoms with Gasteiger partial charge in [0, 0.05) is 19.1 Å². The van der Waals surface area contributed by atoms with Crippen LogP contribution in [-0.4, -0.2) is 42.3 Å². The minimum Gasteiger partial charge on any atom is -0.444 e. The van der Waals surface area contributed by atoms with E-state index in [2.05, 4.69) is 12.2 Å². The van der Waals surface area contributed by atoms with Gasteiger partial charge in [0.25, 0.3) is 0 Å². The Kier molecular flexibility index (Phi) is 8.09. The highest BCUT2D eigenvalue weighted by Crippen LogP contribution is 2.27. The first kappa shape index (κ1) is 18.3. The number of ether oxygens (including phenoxy) is 1. The number of carbonyl (C=O) groups excluding carboxylic acids is 1. The van der Waals surface area contributed by atoms with Crippen molar-refractivity contribution in [3.8, 4) is 0 Å². The van der Waals surface area contributed by atoms with E-state index in [0.29, 0.717) is 6.04 Å². The third-order valence-electron chi connectivity index (χ3n) is 3.60. The van der Waals surface area contributed by atoms with E-state index in [0.717, 1.165) is 32.5 Å². The molecule has 1 aliphatic rings. The molecule has 1 saturated carbocycles. The molecule has 0 bridgehead atoms. The summed E-state index contributed by atoms with van der Waals surface area (Å²) < 4.78 is 5.48. The van der Waals surface area contributed by atoms with Crippen molar-refractivity contribution < 1.29 is 9.53 Å². The third-order valence-corrected chi connectivity index (χ3v) is 3.60. The van der Waals surface area contributed by atoms with E-state index in [9.17, 15) is 4.79 Å². The van der Waals surface area contributed by atoms with E-state index < -0.39 is 5.60 Å². The predicted octanol–water partition coefficient (Wildman–Crippen LogP) is 3.95. The normalized spacial score (nSPS) is 15.0. The molecule has 1 amide bonds. The quantitative estimate of drug-likeness (QED) is 0.621. The summed E-state index contributed by atoms with van der Waals surface area (Å²) in [5.41, 5.74) is -0.406. The van der Waals surface area contributed by atoms with Gasteiger partial charge in [-0.25, -0.2) is 4.79 Å². The van der Waals surface area contributed by atoms with Crippen LogP contribution < -0.4 is 5.32 Å². The molecule has 0 spiro atoms. The minimum atomic E-state index is -0.406. The van der Waals surface area contributed by atoms with Crippen LogP contribution in [0, 0.1) is 0 Å². The van der Waals surface area contributed by atoms with Gasteiger partial charge in [-0.3, -0.25) is 0 Å². The van der Waals surface area contributed by atoms with Crippen LogP contribution in [-0.2, 0) is 4.74 Å². The molecule has 0 aromatic carbocycles. The number of rotatable bonds is 10. The number of carbonyl (C=O) groups is 1. The van der Waals surface area contributed by atoms with E-state index >= 15 is 0 Å². The molecular weight excluding hydrogens is 264 g/mol. The summed E-state index contributed by atoms with van der Waals surface area (Å²) in [6, 6.07) is 0.409. The van der Waals surface area contributed by atoms with E-state index in [4.69, 9.17) is 4.74 Å². The van der Waals surface area contributed by atoms with Gasteiger partial charge < -0.3 is 15.0 Å². The highest BCUT2D eigenvalue weighted by molar-refractivity contribution is 5.69. The van der Waals surface area contributed by atoms with Gasteiger partial charge in [-0.05, 0) is 46.6 Å². The van der Waals surface area contributed by atoms with Gasteiger partial charge in [0.05, 0.1) is 0 Å². The monoisotopic (exact) mass is 298 g/mol. The maximum atomic E-state index is 12.2. The number of nitrogens with one attached hydrogen (secondary N) is 1. The lowest BCUT2D eigenvalue weighted by Crippen LogP contribution is -2.41. The van der Waals surface area contributed by atoms with E-state index in [-0.39, 0.29) is 6.09 Å². The second-order valence-electron chi connectivity index (χ2n) is 7.07. The fourth-order valence-corrected chi connectivity index (χ4v) is 2.31. The highest BCUT2D eigenvalue weighted by Gasteiger charge is 2.34. The number of hydrogen-bond acceptors (Lipinski definition) is 3. The van der Waals surface area contributed by atoms with Gasteiger partial charge in [-0.2, -0.15) is 0 Å². The second kappa shape index (κ2) is 9.29. The number of unbranched alkanes of at least 4 members (excludes halogenated alkanes) is 4. The van der Waals surface area contributed by atoms with E-state index in [1.165, 1.54) is 32.1 Å². The fraction of sp³-hybridized carbons (Fsp3) is 0.941. The van der Waals surface area contributed by atoms with Gasteiger partial charge in [-0.15, -0.1) is 0 Å². The van der Waals surface area contributed by atoms with Crippen molar-refractivity contribution in [3.63, 3.8) is 0 Å². The highest BCUT2D eigenvalue weighted by atomic mass is 16.6. The molecule has 4 nitrogen and oxygen atoms in total. The summed E-state index contributed by atoms with van der Waals surface area (Å²) in [6.07, 6.45) is 8.59. The Morgan fingerprint density at radius 3 is 2.38 bits per heavy atom. The lowest BCUT2D eigenvalue weighted by Gasteiger charge is -2.27. The summed E-state index contributed by atoms with van der Waals surface area (Å²) in [6.45, 7) is 10.7. The largest absolute Gasteiger partial charge is 0.444 e. The first-order chi connectivity index (χ1) is 9.94. The zero-order chi connectivity index (χ0) is 15.7. The summed E-state index contributed by atoms with van der Waals surface area (Å²) in [4.78, 5) is 14.1. The molecule has 0 aliphatic heterocycles. The summed E-state index contributed by atoms with van der Waals surface area (Å²) >= 11 is 0. The van der Waals surface area contributed by atoms with Crippen LogP contribution in [0.5, 0.6) is 0 Å². The van der Waals surface area contributed by atoms with Crippen LogP contribution in [0.25, 0.3) is 0 Å². The molecule has 0 saturated heterocycles. The van der Waals surface area contributed by atoms with Crippen molar-refractivity contribution in [3.05, 3.63) is 0 Å². The zero-order valence-corrected chi connectivity index (χ0v) is 14.4. The third kappa shape index (κ3) is 8.97. The summed E-state index contributed by atoms with van der Waals surface area (Å²) in [5, 5.41) is 3.44. The molecule has 0 unspecified atom stereocenters. The molecule has 1 fully saturated rings. The van der Waals surface area contributed by atoms with Crippen molar-refractivity contribution >= 4 is 6.09 Å². The van der Waals surface area contributed by atoms with Crippen LogP contribution in [0.3, 0.4) is 0 Å². The lowest BCUT2D eigenvalue weighted by atomic mass is 10.1. The van der Waals surface area contributed by atoms with Crippen molar-refractivity contribution in [2.75, 3.05) is 19.6 Å². The number of nitrogens with zero attached hydrogens (tertiary/aromatic N) is 1. The average molecular weight is 298 g/mol. The molecule has 1 N–H and O–H groups in total. The Morgan fingerprint density at radius 2 is 1.81 bits per heavy atom. The van der Waals surface area contributed by atoms with Crippen LogP contribution in [0.1, 0.15) is 72.6 Å². The van der Waals surface area contributed by atoms with Gasteiger partial charge >= 0.3 is 6.09 Å². The summed E-state index contributed by atoms with van der Waals surface area (Å²) in [7, 11) is 0. The Labute approximate surface area is 130 Å². The maximum Gasteiger partial charge on any atom is 0.410 e. The Hall–Kier alpha value is -0.770. The molecule has 0 heterocycles. The predicted molar refractivity (Wildman–Crippen MR) is 87.6 cm³/mol. The molecule has 0 aromatic rings. The molecule has 1 aliphatic carbocycles. The van der Waals surface area contributed by atoms with Gasteiger partial charge in [-0.1, -0.05) is 32.6 Å². The number of hydrogen-bond donors (Lipinski definition) is 1. The van der Waals surface area contributed by atoms with E-state index in [1.54, 1.807) is 0 Å². The first-order valence-electron chi connectivity index (χ1n) is 8.64. The fourth-order valence-electron chi connectivity index (χ4n) is 2.31. The van der Waals surface area contributed by atoms with Crippen LogP contribution in [0.15, 0.2) is 0 Å². The van der Waals surface area contributed by atoms with Crippen molar-refractivity contribution in [1.82, 2.24) is 10.2 Å². The maximum absolute atomic E-state index is 12.2. The summed E-state index contributed by atoms with van der Waals surface area (Å²) in [5.74, 6) is 0. The van der Waals surface area contributed by atoms with Crippen molar-refractivity contribution in [2.24, 2.45) is 0 Å². The molecule has 0 atom stereocenters. The molecule has 1 rings (SSSR count). The molecular formula is C17H34N2O2. The van der Waals surface area contributed by atoms with Crippen molar-refractivity contribution in [2.45, 2.75) is 84.3 Å². The SMILES string of the molecule is CCCCCCCNCCN(C(=O)OC(C)(C)C)C1CC1. The van der Waals surface area contributed by atoms with E-state index in [1.807, 2.05) is 25.7 Å². The molecule has 4 heteroatoms. The zero-order valence-electron chi connectivity index (χ0n) is 14.4. The van der Waals surface area contributed by atoms with Gasteiger partial charge in [0.2, 0.25) is 0 Å². The van der Waals surface area contributed by atoms with Crippen LogP contribution in [0.2, 0.25) is 0 Å². The molecule has 0 radical (unpaired) electrons. The number of amides is 1. The Morgan fingerprint density at radius 1 is 1.14 bits per heavy atom. The smallest absolute Gasteiger partial charge is 0.410 e. The molecule has 124 valence electrons. The molecule has 0 aromatic heterocycles. The lowest BCUT2D eigenvalue weighted by molar-refractivity contribution is 0.0236. The van der Waals surface area contributed by atoms with Crippen LogP contribution in [0.4, 0.5) is 4.79 Å². The van der Waals surface area contributed by atoms with Crippen LogP contribution >= 0.6 is 0 Å². The first-order valence-corrected chi connectivity index (χ1v) is 8.64. The molecule has 21 heavy (non-hydrogen) atoms.